The molecular weight excluding hydrogens is 495 g/mol. The van der Waals surface area contributed by atoms with Gasteiger partial charge in [0.15, 0.2) is 0 Å². The van der Waals surface area contributed by atoms with Gasteiger partial charge >= 0.3 is 0 Å². The highest BCUT2D eigenvalue weighted by molar-refractivity contribution is 7.89. The number of aromatic nitrogens is 1. The van der Waals surface area contributed by atoms with Crippen LogP contribution in [0, 0.1) is 11.7 Å². The van der Waals surface area contributed by atoms with Crippen molar-refractivity contribution in [3.05, 3.63) is 59.5 Å². The molecule has 35 heavy (non-hydrogen) atoms. The van der Waals surface area contributed by atoms with Gasteiger partial charge in [-0.15, -0.1) is 0 Å². The zero-order valence-corrected chi connectivity index (χ0v) is 20.7. The molecule has 1 saturated heterocycles. The molecule has 3 aromatic rings. The molecule has 2 N–H and O–H groups in total. The average Bonchev–Trinajstić information content (AvgIpc) is 2.86. The molecule has 0 bridgehead atoms. The molecule has 4 rings (SSSR count). The van der Waals surface area contributed by atoms with Gasteiger partial charge in [-0.25, -0.2) is 12.8 Å². The molecule has 0 aliphatic carbocycles. The van der Waals surface area contributed by atoms with Crippen LogP contribution in [0.4, 0.5) is 10.1 Å². The number of hydrogen-bond donors (Lipinski definition) is 2. The Bertz CT molecular complexity index is 1340. The number of anilines is 1. The van der Waals surface area contributed by atoms with E-state index >= 15 is 0 Å². The minimum Gasteiger partial charge on any atom is -0.495 e. The molecule has 1 aliphatic heterocycles. The van der Waals surface area contributed by atoms with Crippen LogP contribution < -0.4 is 15.4 Å². The summed E-state index contributed by atoms with van der Waals surface area (Å²) in [5.41, 5.74) is 1.64. The van der Waals surface area contributed by atoms with Gasteiger partial charge in [0, 0.05) is 48.5 Å². The van der Waals surface area contributed by atoms with Crippen molar-refractivity contribution in [1.82, 2.24) is 14.6 Å². The lowest BCUT2D eigenvalue weighted by Gasteiger charge is -2.31. The maximum atomic E-state index is 13.8. The average molecular weight is 521 g/mol. The minimum atomic E-state index is -4.02. The lowest BCUT2D eigenvalue weighted by molar-refractivity contribution is -0.125. The maximum Gasteiger partial charge on any atom is 0.246 e. The maximum absolute atomic E-state index is 13.8. The molecule has 11 heteroatoms. The SMILES string of the molecule is COc1ccc(F)cc1S(=O)(=O)N1CCC[C@@H](C(=O)NCCNc2ccnc3cc(Cl)ccc23)C1. The summed E-state index contributed by atoms with van der Waals surface area (Å²) in [5.74, 6) is -1.32. The fraction of sp³-hybridized carbons (Fsp3) is 0.333. The Kier molecular flexibility index (Phi) is 7.73. The summed E-state index contributed by atoms with van der Waals surface area (Å²) in [7, 11) is -2.69. The Balaban J connectivity index is 1.35. The van der Waals surface area contributed by atoms with E-state index in [0.717, 1.165) is 28.7 Å². The summed E-state index contributed by atoms with van der Waals surface area (Å²) in [4.78, 5) is 16.8. The number of piperidine rings is 1. The van der Waals surface area contributed by atoms with Crippen LogP contribution in [-0.4, -0.2) is 56.9 Å². The second-order valence-electron chi connectivity index (χ2n) is 8.24. The van der Waals surface area contributed by atoms with Gasteiger partial charge in [0.25, 0.3) is 0 Å². The highest BCUT2D eigenvalue weighted by Crippen LogP contribution is 2.30. The van der Waals surface area contributed by atoms with Gasteiger partial charge in [-0.3, -0.25) is 9.78 Å². The van der Waals surface area contributed by atoms with Gasteiger partial charge in [0.05, 0.1) is 18.5 Å². The molecule has 8 nitrogen and oxygen atoms in total. The molecule has 0 spiro atoms. The third-order valence-electron chi connectivity index (χ3n) is 5.94. The summed E-state index contributed by atoms with van der Waals surface area (Å²) < 4.78 is 46.4. The quantitative estimate of drug-likeness (QED) is 0.440. The summed E-state index contributed by atoms with van der Waals surface area (Å²) >= 11 is 6.03. The molecule has 1 amide bonds. The monoisotopic (exact) mass is 520 g/mol. The van der Waals surface area contributed by atoms with Crippen molar-refractivity contribution in [3.63, 3.8) is 0 Å². The molecule has 0 saturated carbocycles. The first kappa shape index (κ1) is 25.2. The van der Waals surface area contributed by atoms with Crippen LogP contribution in [0.1, 0.15) is 12.8 Å². The van der Waals surface area contributed by atoms with Gasteiger partial charge < -0.3 is 15.4 Å². The number of amides is 1. The number of halogens is 2. The number of pyridine rings is 1. The van der Waals surface area contributed by atoms with E-state index in [1.807, 2.05) is 12.1 Å². The number of nitrogens with zero attached hydrogens (tertiary/aromatic N) is 2. The summed E-state index contributed by atoms with van der Waals surface area (Å²) in [6, 6.07) is 10.7. The largest absolute Gasteiger partial charge is 0.495 e. The van der Waals surface area contributed by atoms with E-state index in [0.29, 0.717) is 31.0 Å². The molecule has 0 radical (unpaired) electrons. The molecule has 1 fully saturated rings. The number of sulfonamides is 1. The van der Waals surface area contributed by atoms with Crippen molar-refractivity contribution in [2.45, 2.75) is 17.7 Å². The number of carbonyl (C=O) groups excluding carboxylic acids is 1. The molecular formula is C24H26ClFN4O4S. The summed E-state index contributed by atoms with van der Waals surface area (Å²) in [6.45, 7) is 1.11. The van der Waals surface area contributed by atoms with E-state index in [1.165, 1.54) is 17.5 Å². The van der Waals surface area contributed by atoms with E-state index < -0.39 is 21.8 Å². The van der Waals surface area contributed by atoms with Crippen LogP contribution in [0.25, 0.3) is 10.9 Å². The number of benzene rings is 2. The predicted octanol–water partition coefficient (Wildman–Crippen LogP) is 3.66. The van der Waals surface area contributed by atoms with E-state index in [9.17, 15) is 17.6 Å². The van der Waals surface area contributed by atoms with Gasteiger partial charge in [-0.2, -0.15) is 4.31 Å². The summed E-state index contributed by atoms with van der Waals surface area (Å²) in [5, 5.41) is 7.69. The lowest BCUT2D eigenvalue weighted by Crippen LogP contribution is -2.46. The number of hydrogen-bond acceptors (Lipinski definition) is 6. The fourth-order valence-corrected chi connectivity index (χ4v) is 6.03. The molecule has 186 valence electrons. The van der Waals surface area contributed by atoms with Crippen molar-refractivity contribution in [1.29, 1.82) is 0 Å². The number of nitrogens with one attached hydrogen (secondary N) is 2. The van der Waals surface area contributed by atoms with Crippen LogP contribution in [0.3, 0.4) is 0 Å². The third-order valence-corrected chi connectivity index (χ3v) is 8.06. The summed E-state index contributed by atoms with van der Waals surface area (Å²) in [6.07, 6.45) is 2.78. The number of fused-ring (bicyclic) bond motifs is 1. The molecule has 1 aromatic heterocycles. The molecule has 2 aromatic carbocycles. The van der Waals surface area contributed by atoms with Gasteiger partial charge in [-0.1, -0.05) is 11.6 Å². The lowest BCUT2D eigenvalue weighted by atomic mass is 9.99. The van der Waals surface area contributed by atoms with Gasteiger partial charge in [0.2, 0.25) is 15.9 Å². The first-order chi connectivity index (χ1) is 16.8. The van der Waals surface area contributed by atoms with Crippen LogP contribution in [0.5, 0.6) is 5.75 Å². The van der Waals surface area contributed by atoms with Crippen molar-refractivity contribution < 1.29 is 22.3 Å². The van der Waals surface area contributed by atoms with Crippen LogP contribution in [0.15, 0.2) is 53.6 Å². The highest BCUT2D eigenvalue weighted by atomic mass is 35.5. The minimum absolute atomic E-state index is 0.0248. The van der Waals surface area contributed by atoms with Crippen LogP contribution >= 0.6 is 11.6 Å². The van der Waals surface area contributed by atoms with Crippen LogP contribution in [0.2, 0.25) is 5.02 Å². The van der Waals surface area contributed by atoms with Crippen LogP contribution in [-0.2, 0) is 14.8 Å². The molecule has 1 aliphatic rings. The van der Waals surface area contributed by atoms with E-state index in [-0.39, 0.29) is 29.6 Å². The predicted molar refractivity (Wildman–Crippen MR) is 133 cm³/mol. The molecule has 2 heterocycles. The number of methoxy groups -OCH3 is 1. The van der Waals surface area contributed by atoms with Gasteiger partial charge in [0.1, 0.15) is 16.5 Å². The molecule has 1 atom stereocenters. The smallest absolute Gasteiger partial charge is 0.246 e. The van der Waals surface area contributed by atoms with Crippen molar-refractivity contribution >= 4 is 44.1 Å². The van der Waals surface area contributed by atoms with Gasteiger partial charge in [-0.05, 0) is 55.3 Å². The first-order valence-electron chi connectivity index (χ1n) is 11.2. The number of ether oxygens (including phenoxy) is 1. The Morgan fingerprint density at radius 3 is 2.86 bits per heavy atom. The topological polar surface area (TPSA) is 101 Å². The fourth-order valence-electron chi connectivity index (χ4n) is 4.17. The Labute approximate surface area is 208 Å². The molecule has 0 unspecified atom stereocenters. The third kappa shape index (κ3) is 5.66. The Morgan fingerprint density at radius 2 is 2.06 bits per heavy atom. The second-order valence-corrected chi connectivity index (χ2v) is 10.6. The zero-order valence-electron chi connectivity index (χ0n) is 19.1. The highest BCUT2D eigenvalue weighted by Gasteiger charge is 2.35. The van der Waals surface area contributed by atoms with E-state index in [1.54, 1.807) is 18.3 Å². The van der Waals surface area contributed by atoms with E-state index in [4.69, 9.17) is 16.3 Å². The normalized spacial score (nSPS) is 16.7. The standard InChI is InChI=1S/C24H26ClFN4O4S/c1-34-22-7-5-18(26)14-23(22)35(32,33)30-12-2-3-16(15-30)24(31)29-11-10-28-20-8-9-27-21-13-17(25)4-6-19(20)21/h4-9,13-14,16H,2-3,10-12,15H2,1H3,(H,27,28)(H,29,31)/t16-/m1/s1. The Morgan fingerprint density at radius 1 is 1.23 bits per heavy atom. The van der Waals surface area contributed by atoms with Crippen molar-refractivity contribution in [2.24, 2.45) is 5.92 Å². The first-order valence-corrected chi connectivity index (χ1v) is 13.0. The van der Waals surface area contributed by atoms with Crippen molar-refractivity contribution in [2.75, 3.05) is 38.6 Å². The number of rotatable bonds is 8. The van der Waals surface area contributed by atoms with Crippen molar-refractivity contribution in [3.8, 4) is 5.75 Å². The number of carbonyl (C=O) groups is 1. The van der Waals surface area contributed by atoms with E-state index in [2.05, 4.69) is 15.6 Å². The second kappa shape index (κ2) is 10.8. The Hall–Kier alpha value is -2.95. The zero-order chi connectivity index (χ0) is 25.0.